The standard InChI is InChI=1S/C55H36S/c1-55(2)48-32-37(24-26-41(48)46-27-28-47-52-40-17-6-5-13-34(40)25-29-49(52)56-54(47)53(46)55)36-15-11-16-38(31-36)50-42-18-7-9-20-44(42)51(45-21-10-8-19-43(45)50)39-23-22-33-12-3-4-14-35(33)30-39/h3-32H,1-2H3. The van der Waals surface area contributed by atoms with E-state index < -0.39 is 0 Å². The van der Waals surface area contributed by atoms with Crippen LogP contribution in [0.5, 0.6) is 0 Å². The van der Waals surface area contributed by atoms with Gasteiger partial charge in [-0.1, -0.05) is 172 Å². The summed E-state index contributed by atoms with van der Waals surface area (Å²) in [5.41, 5.74) is 13.0. The molecule has 0 amide bonds. The van der Waals surface area contributed by atoms with Gasteiger partial charge in [-0.25, -0.2) is 0 Å². The molecule has 10 aromatic carbocycles. The van der Waals surface area contributed by atoms with Crippen molar-refractivity contribution >= 4 is 74.6 Å². The van der Waals surface area contributed by atoms with Crippen molar-refractivity contribution in [2.24, 2.45) is 0 Å². The van der Waals surface area contributed by atoms with E-state index in [9.17, 15) is 0 Å². The van der Waals surface area contributed by atoms with Crippen molar-refractivity contribution < 1.29 is 0 Å². The Kier molecular flexibility index (Phi) is 6.66. The van der Waals surface area contributed by atoms with Gasteiger partial charge in [-0.15, -0.1) is 11.3 Å². The van der Waals surface area contributed by atoms with Gasteiger partial charge in [-0.2, -0.15) is 0 Å². The number of fused-ring (bicyclic) bond motifs is 12. The highest BCUT2D eigenvalue weighted by Crippen LogP contribution is 2.55. The van der Waals surface area contributed by atoms with Crippen LogP contribution in [0.2, 0.25) is 0 Å². The first-order valence-corrected chi connectivity index (χ1v) is 20.4. The fraction of sp³-hybridized carbons (Fsp3) is 0.0545. The third-order valence-electron chi connectivity index (χ3n) is 12.6. The van der Waals surface area contributed by atoms with Crippen LogP contribution >= 0.6 is 11.3 Å². The predicted octanol–water partition coefficient (Wildman–Crippen LogP) is 16.0. The Bertz CT molecular complexity index is 3390. The van der Waals surface area contributed by atoms with E-state index in [0.29, 0.717) is 0 Å². The van der Waals surface area contributed by atoms with Crippen molar-refractivity contribution in [1.29, 1.82) is 0 Å². The Morgan fingerprint density at radius 1 is 0.375 bits per heavy atom. The summed E-state index contributed by atoms with van der Waals surface area (Å²) in [7, 11) is 0. The molecule has 0 saturated carbocycles. The summed E-state index contributed by atoms with van der Waals surface area (Å²) in [6, 6.07) is 68.1. The van der Waals surface area contributed by atoms with Crippen LogP contribution < -0.4 is 0 Å². The minimum Gasteiger partial charge on any atom is -0.135 e. The van der Waals surface area contributed by atoms with Crippen molar-refractivity contribution in [3.8, 4) is 44.5 Å². The summed E-state index contributed by atoms with van der Waals surface area (Å²) < 4.78 is 2.78. The van der Waals surface area contributed by atoms with Crippen LogP contribution in [0.15, 0.2) is 182 Å². The molecule has 11 aromatic rings. The van der Waals surface area contributed by atoms with Gasteiger partial charge in [0.05, 0.1) is 0 Å². The zero-order chi connectivity index (χ0) is 37.1. The Hall–Kier alpha value is -6.54. The van der Waals surface area contributed by atoms with Gasteiger partial charge in [-0.05, 0) is 123 Å². The van der Waals surface area contributed by atoms with E-state index in [0.717, 1.165) is 0 Å². The Balaban J connectivity index is 1.01. The minimum atomic E-state index is -0.139. The van der Waals surface area contributed by atoms with Crippen molar-refractivity contribution in [2.45, 2.75) is 19.3 Å². The second-order valence-corrected chi connectivity index (χ2v) is 17.0. The highest BCUT2D eigenvalue weighted by atomic mass is 32.1. The lowest BCUT2D eigenvalue weighted by atomic mass is 9.81. The largest absolute Gasteiger partial charge is 0.135 e. The highest BCUT2D eigenvalue weighted by molar-refractivity contribution is 7.26. The van der Waals surface area contributed by atoms with Crippen LogP contribution in [0.1, 0.15) is 25.0 Å². The third kappa shape index (κ3) is 4.47. The zero-order valence-corrected chi connectivity index (χ0v) is 32.0. The minimum absolute atomic E-state index is 0.139. The third-order valence-corrected chi connectivity index (χ3v) is 13.8. The Labute approximate surface area is 329 Å². The molecule has 1 heterocycles. The van der Waals surface area contributed by atoms with Crippen LogP contribution in [0.25, 0.3) is 108 Å². The monoisotopic (exact) mass is 728 g/mol. The molecule has 262 valence electrons. The van der Waals surface area contributed by atoms with E-state index in [2.05, 4.69) is 196 Å². The molecular weight excluding hydrogens is 693 g/mol. The molecular formula is C55H36S. The van der Waals surface area contributed by atoms with E-state index in [1.54, 1.807) is 0 Å². The molecule has 1 aromatic heterocycles. The van der Waals surface area contributed by atoms with E-state index >= 15 is 0 Å². The smallest absolute Gasteiger partial charge is 0.0402 e. The molecule has 0 N–H and O–H groups in total. The molecule has 1 heteroatoms. The Morgan fingerprint density at radius 2 is 0.929 bits per heavy atom. The van der Waals surface area contributed by atoms with Gasteiger partial charge >= 0.3 is 0 Å². The molecule has 0 nitrogen and oxygen atoms in total. The fourth-order valence-corrected chi connectivity index (χ4v) is 11.4. The second kappa shape index (κ2) is 11.7. The number of thiophene rings is 1. The summed E-state index contributed by atoms with van der Waals surface area (Å²) in [6.07, 6.45) is 0. The van der Waals surface area contributed by atoms with Gasteiger partial charge in [0.2, 0.25) is 0 Å². The molecule has 0 aliphatic heterocycles. The van der Waals surface area contributed by atoms with Gasteiger partial charge < -0.3 is 0 Å². The first-order valence-electron chi connectivity index (χ1n) is 19.6. The van der Waals surface area contributed by atoms with Gasteiger partial charge in [0.1, 0.15) is 0 Å². The quantitative estimate of drug-likeness (QED) is 0.159. The zero-order valence-electron chi connectivity index (χ0n) is 31.2. The fourth-order valence-electron chi connectivity index (χ4n) is 10.0. The SMILES string of the molecule is CC1(C)c2cc(-c3cccc(-c4c5ccccc5c(-c5ccc6ccccc6c5)c5ccccc45)c3)ccc2-c2ccc3c(sc4ccc5ccccc5c43)c21. The number of benzene rings is 10. The maximum absolute atomic E-state index is 2.47. The van der Waals surface area contributed by atoms with Crippen LogP contribution in [0.3, 0.4) is 0 Å². The second-order valence-electron chi connectivity index (χ2n) is 16.0. The van der Waals surface area contributed by atoms with Crippen molar-refractivity contribution in [3.63, 3.8) is 0 Å². The van der Waals surface area contributed by atoms with E-state index in [1.165, 1.54) is 119 Å². The number of hydrogen-bond acceptors (Lipinski definition) is 1. The topological polar surface area (TPSA) is 0 Å². The molecule has 0 saturated heterocycles. The molecule has 1 aliphatic carbocycles. The molecule has 0 fully saturated rings. The Morgan fingerprint density at radius 3 is 1.66 bits per heavy atom. The van der Waals surface area contributed by atoms with Crippen LogP contribution in [0, 0.1) is 0 Å². The molecule has 56 heavy (non-hydrogen) atoms. The van der Waals surface area contributed by atoms with Gasteiger partial charge in [0, 0.05) is 25.6 Å². The first-order chi connectivity index (χ1) is 27.5. The lowest BCUT2D eigenvalue weighted by molar-refractivity contribution is 0.667. The van der Waals surface area contributed by atoms with Crippen LogP contribution in [-0.4, -0.2) is 0 Å². The molecule has 0 spiro atoms. The lowest BCUT2D eigenvalue weighted by Gasteiger charge is -2.23. The summed E-state index contributed by atoms with van der Waals surface area (Å²) in [6.45, 7) is 4.85. The lowest BCUT2D eigenvalue weighted by Crippen LogP contribution is -2.15. The maximum atomic E-state index is 2.47. The summed E-state index contributed by atoms with van der Waals surface area (Å²) in [5.74, 6) is 0. The molecule has 1 aliphatic rings. The van der Waals surface area contributed by atoms with Crippen LogP contribution in [0.4, 0.5) is 0 Å². The molecule has 0 unspecified atom stereocenters. The average molecular weight is 729 g/mol. The normalized spacial score (nSPS) is 13.3. The summed E-state index contributed by atoms with van der Waals surface area (Å²) >= 11 is 1.96. The van der Waals surface area contributed by atoms with Crippen molar-refractivity contribution in [3.05, 3.63) is 193 Å². The predicted molar refractivity (Wildman–Crippen MR) is 243 cm³/mol. The molecule has 0 atom stereocenters. The first kappa shape index (κ1) is 31.8. The van der Waals surface area contributed by atoms with Gasteiger partial charge in [0.15, 0.2) is 0 Å². The van der Waals surface area contributed by atoms with E-state index in [1.807, 2.05) is 11.3 Å². The summed E-state index contributed by atoms with van der Waals surface area (Å²) in [5, 5.41) is 13.0. The number of rotatable bonds is 3. The molecule has 0 radical (unpaired) electrons. The highest BCUT2D eigenvalue weighted by Gasteiger charge is 2.38. The maximum Gasteiger partial charge on any atom is 0.0402 e. The van der Waals surface area contributed by atoms with Gasteiger partial charge in [-0.3, -0.25) is 0 Å². The van der Waals surface area contributed by atoms with Crippen LogP contribution in [-0.2, 0) is 5.41 Å². The summed E-state index contributed by atoms with van der Waals surface area (Å²) in [4.78, 5) is 0. The van der Waals surface area contributed by atoms with Crippen molar-refractivity contribution in [2.75, 3.05) is 0 Å². The number of hydrogen-bond donors (Lipinski definition) is 0. The van der Waals surface area contributed by atoms with E-state index in [4.69, 9.17) is 0 Å². The van der Waals surface area contributed by atoms with E-state index in [-0.39, 0.29) is 5.41 Å². The average Bonchev–Trinajstić information content (AvgIpc) is 3.74. The van der Waals surface area contributed by atoms with Crippen molar-refractivity contribution in [1.82, 2.24) is 0 Å². The molecule has 12 rings (SSSR count). The molecule has 0 bridgehead atoms. The van der Waals surface area contributed by atoms with Gasteiger partial charge in [0.25, 0.3) is 0 Å².